The molecule has 0 aromatic heterocycles. The Labute approximate surface area is 128 Å². The van der Waals surface area contributed by atoms with Gasteiger partial charge in [-0.1, -0.05) is 13.3 Å². The van der Waals surface area contributed by atoms with Crippen molar-refractivity contribution in [2.75, 3.05) is 25.9 Å². The van der Waals surface area contributed by atoms with E-state index < -0.39 is 15.6 Å². The second-order valence-corrected chi connectivity index (χ2v) is 8.42. The van der Waals surface area contributed by atoms with Crippen LogP contribution in [0.15, 0.2) is 0 Å². The first-order chi connectivity index (χ1) is 9.65. The van der Waals surface area contributed by atoms with Gasteiger partial charge >= 0.3 is 0 Å². The summed E-state index contributed by atoms with van der Waals surface area (Å²) < 4.78 is 25.2. The second kappa shape index (κ2) is 7.07. The maximum Gasteiger partial charge on any atom is 0.242 e. The van der Waals surface area contributed by atoms with E-state index in [9.17, 15) is 13.2 Å². The summed E-state index contributed by atoms with van der Waals surface area (Å²) >= 11 is 0. The maximum absolute atomic E-state index is 12.4. The van der Waals surface area contributed by atoms with Crippen molar-refractivity contribution in [3.05, 3.63) is 0 Å². The number of hydrogen-bond donors (Lipinski definition) is 1. The van der Waals surface area contributed by atoms with Gasteiger partial charge in [0.2, 0.25) is 15.9 Å². The Morgan fingerprint density at radius 2 is 1.86 bits per heavy atom. The number of hydrogen-bond acceptors (Lipinski definition) is 4. The highest BCUT2D eigenvalue weighted by atomic mass is 32.2. The van der Waals surface area contributed by atoms with E-state index in [-0.39, 0.29) is 17.7 Å². The van der Waals surface area contributed by atoms with Crippen molar-refractivity contribution in [2.24, 2.45) is 5.73 Å². The molecule has 1 aliphatic heterocycles. The van der Waals surface area contributed by atoms with Crippen molar-refractivity contribution in [1.29, 1.82) is 0 Å². The highest BCUT2D eigenvalue weighted by Gasteiger charge is 2.35. The number of amides is 1. The SMILES string of the molecule is CCCC(C)(N)C(=O)N1CCC(N(C)S(=O)(=O)CC)CC1. The zero-order valence-corrected chi connectivity index (χ0v) is 14.4. The summed E-state index contributed by atoms with van der Waals surface area (Å²) in [6, 6.07) is -0.0193. The molecule has 0 bridgehead atoms. The van der Waals surface area contributed by atoms with Gasteiger partial charge in [0.05, 0.1) is 11.3 Å². The normalized spacial score (nSPS) is 20.6. The molecule has 1 atom stereocenters. The van der Waals surface area contributed by atoms with Crippen LogP contribution in [0.25, 0.3) is 0 Å². The number of likely N-dealkylation sites (tertiary alicyclic amines) is 1. The lowest BCUT2D eigenvalue weighted by Gasteiger charge is -2.39. The Hall–Kier alpha value is -0.660. The van der Waals surface area contributed by atoms with E-state index >= 15 is 0 Å². The summed E-state index contributed by atoms with van der Waals surface area (Å²) in [5.74, 6) is 0.0869. The quantitative estimate of drug-likeness (QED) is 0.784. The van der Waals surface area contributed by atoms with Crippen LogP contribution in [-0.2, 0) is 14.8 Å². The first-order valence-electron chi connectivity index (χ1n) is 7.69. The molecule has 1 amide bonds. The molecule has 1 aliphatic rings. The van der Waals surface area contributed by atoms with Gasteiger partial charge in [-0.3, -0.25) is 4.79 Å². The lowest BCUT2D eigenvalue weighted by atomic mass is 9.94. The van der Waals surface area contributed by atoms with Gasteiger partial charge in [0.1, 0.15) is 0 Å². The van der Waals surface area contributed by atoms with Crippen LogP contribution < -0.4 is 5.73 Å². The average Bonchev–Trinajstić information content (AvgIpc) is 2.45. The van der Waals surface area contributed by atoms with Crippen molar-refractivity contribution >= 4 is 15.9 Å². The zero-order valence-electron chi connectivity index (χ0n) is 13.6. The molecule has 1 fully saturated rings. The fourth-order valence-electron chi connectivity index (χ4n) is 2.85. The van der Waals surface area contributed by atoms with Crippen LogP contribution >= 0.6 is 0 Å². The molecule has 0 aromatic carbocycles. The monoisotopic (exact) mass is 319 g/mol. The second-order valence-electron chi connectivity index (χ2n) is 6.11. The largest absolute Gasteiger partial charge is 0.341 e. The number of nitrogens with two attached hydrogens (primary N) is 1. The molecule has 1 saturated heterocycles. The van der Waals surface area contributed by atoms with E-state index in [0.717, 1.165) is 6.42 Å². The third-order valence-electron chi connectivity index (χ3n) is 4.33. The maximum atomic E-state index is 12.4. The zero-order chi connectivity index (χ0) is 16.3. The molecular weight excluding hydrogens is 290 g/mol. The highest BCUT2D eigenvalue weighted by Crippen LogP contribution is 2.21. The fourth-order valence-corrected chi connectivity index (χ4v) is 3.92. The van der Waals surface area contributed by atoms with Crippen molar-refractivity contribution in [3.8, 4) is 0 Å². The molecule has 21 heavy (non-hydrogen) atoms. The van der Waals surface area contributed by atoms with Crippen LogP contribution in [0.3, 0.4) is 0 Å². The van der Waals surface area contributed by atoms with E-state index in [1.54, 1.807) is 25.8 Å². The number of rotatable bonds is 6. The number of piperidine rings is 1. The number of nitrogens with zero attached hydrogens (tertiary/aromatic N) is 2. The summed E-state index contributed by atoms with van der Waals surface area (Å²) in [4.78, 5) is 14.2. The Morgan fingerprint density at radius 1 is 1.33 bits per heavy atom. The minimum Gasteiger partial charge on any atom is -0.341 e. The molecule has 1 heterocycles. The predicted octanol–water partition coefficient (Wildman–Crippen LogP) is 0.776. The van der Waals surface area contributed by atoms with Gasteiger partial charge in [0, 0.05) is 26.2 Å². The van der Waals surface area contributed by atoms with Gasteiger partial charge < -0.3 is 10.6 Å². The van der Waals surface area contributed by atoms with Crippen LogP contribution in [0.1, 0.15) is 46.5 Å². The molecule has 7 heteroatoms. The van der Waals surface area contributed by atoms with E-state index in [2.05, 4.69) is 0 Å². The third-order valence-corrected chi connectivity index (χ3v) is 6.23. The molecule has 1 unspecified atom stereocenters. The summed E-state index contributed by atoms with van der Waals surface area (Å²) in [6.45, 7) is 6.58. The Balaban J connectivity index is 2.62. The standard InChI is InChI=1S/C14H29N3O3S/c1-5-9-14(3,15)13(18)17-10-7-12(8-11-17)16(4)21(19,20)6-2/h12H,5-11,15H2,1-4H3. The molecule has 0 aliphatic carbocycles. The van der Waals surface area contributed by atoms with Crippen molar-refractivity contribution < 1.29 is 13.2 Å². The Morgan fingerprint density at radius 3 is 2.29 bits per heavy atom. The van der Waals surface area contributed by atoms with Crippen LogP contribution in [0.4, 0.5) is 0 Å². The van der Waals surface area contributed by atoms with Gasteiger partial charge in [0.25, 0.3) is 0 Å². The van der Waals surface area contributed by atoms with Crippen LogP contribution in [0.2, 0.25) is 0 Å². The molecule has 0 aromatic rings. The Kier molecular flexibility index (Phi) is 6.19. The van der Waals surface area contributed by atoms with E-state index in [4.69, 9.17) is 5.73 Å². The molecule has 2 N–H and O–H groups in total. The number of sulfonamides is 1. The van der Waals surface area contributed by atoms with Crippen LogP contribution in [-0.4, -0.2) is 61.0 Å². The molecule has 124 valence electrons. The molecule has 6 nitrogen and oxygen atoms in total. The fraction of sp³-hybridized carbons (Fsp3) is 0.929. The van der Waals surface area contributed by atoms with E-state index in [0.29, 0.717) is 32.4 Å². The van der Waals surface area contributed by atoms with Crippen LogP contribution in [0, 0.1) is 0 Å². The minimum atomic E-state index is -3.17. The summed E-state index contributed by atoms with van der Waals surface area (Å²) in [5.41, 5.74) is 5.27. The predicted molar refractivity (Wildman–Crippen MR) is 84.3 cm³/mol. The molecular formula is C14H29N3O3S. The number of carbonyl (C=O) groups is 1. The smallest absolute Gasteiger partial charge is 0.242 e. The molecule has 1 rings (SSSR count). The lowest BCUT2D eigenvalue weighted by molar-refractivity contribution is -0.138. The van der Waals surface area contributed by atoms with Gasteiger partial charge in [0.15, 0.2) is 0 Å². The third kappa shape index (κ3) is 4.40. The van der Waals surface area contributed by atoms with Gasteiger partial charge in [-0.05, 0) is 33.1 Å². The molecule has 0 spiro atoms. The van der Waals surface area contributed by atoms with Crippen molar-refractivity contribution in [2.45, 2.75) is 58.0 Å². The summed E-state index contributed by atoms with van der Waals surface area (Å²) in [7, 11) is -1.54. The highest BCUT2D eigenvalue weighted by molar-refractivity contribution is 7.89. The lowest BCUT2D eigenvalue weighted by Crippen LogP contribution is -2.56. The van der Waals surface area contributed by atoms with Crippen LogP contribution in [0.5, 0.6) is 0 Å². The summed E-state index contributed by atoms with van der Waals surface area (Å²) in [5, 5.41) is 0. The van der Waals surface area contributed by atoms with Crippen molar-refractivity contribution in [1.82, 2.24) is 9.21 Å². The van der Waals surface area contributed by atoms with E-state index in [1.165, 1.54) is 4.31 Å². The first-order valence-corrected chi connectivity index (χ1v) is 9.30. The van der Waals surface area contributed by atoms with Gasteiger partial charge in [-0.2, -0.15) is 0 Å². The Bertz CT molecular complexity index is 454. The first kappa shape index (κ1) is 18.4. The number of carbonyl (C=O) groups excluding carboxylic acids is 1. The topological polar surface area (TPSA) is 83.7 Å². The van der Waals surface area contributed by atoms with E-state index in [1.807, 2.05) is 6.92 Å². The summed E-state index contributed by atoms with van der Waals surface area (Å²) in [6.07, 6.45) is 2.87. The van der Waals surface area contributed by atoms with Gasteiger partial charge in [-0.15, -0.1) is 0 Å². The average molecular weight is 319 g/mol. The minimum absolute atomic E-state index is 0.0193. The molecule has 0 saturated carbocycles. The van der Waals surface area contributed by atoms with Gasteiger partial charge in [-0.25, -0.2) is 12.7 Å². The molecule has 0 radical (unpaired) electrons. The van der Waals surface area contributed by atoms with Crippen molar-refractivity contribution in [3.63, 3.8) is 0 Å².